The second kappa shape index (κ2) is 6.21. The van der Waals surface area contributed by atoms with Gasteiger partial charge in [0.25, 0.3) is 5.91 Å². The van der Waals surface area contributed by atoms with E-state index in [0.29, 0.717) is 10.6 Å². The summed E-state index contributed by atoms with van der Waals surface area (Å²) >= 11 is 1.17. The minimum absolute atomic E-state index is 0.319. The number of aliphatic hydroxyl groups is 1. The fourth-order valence-electron chi connectivity index (χ4n) is 1.47. The molecule has 106 valence electrons. The predicted octanol–water partition coefficient (Wildman–Crippen LogP) is -1.01. The van der Waals surface area contributed by atoms with Crippen LogP contribution in [0, 0.1) is 0 Å². The van der Waals surface area contributed by atoms with Crippen molar-refractivity contribution in [3.8, 4) is 5.69 Å². The van der Waals surface area contributed by atoms with Crippen LogP contribution in [0.2, 0.25) is 0 Å². The number of amides is 1. The Kier molecular flexibility index (Phi) is 4.38. The molecule has 0 aromatic carbocycles. The average Bonchev–Trinajstić information content (AvgIpc) is 3.12. The third kappa shape index (κ3) is 2.81. The molecule has 0 aliphatic rings. The van der Waals surface area contributed by atoms with Crippen molar-refractivity contribution in [3.05, 3.63) is 22.7 Å². The van der Waals surface area contributed by atoms with Gasteiger partial charge in [-0.05, 0) is 21.9 Å². The first kappa shape index (κ1) is 14.1. The highest BCUT2D eigenvalue weighted by Gasteiger charge is 2.23. The molecule has 2 N–H and O–H groups in total. The van der Waals surface area contributed by atoms with E-state index in [-0.39, 0.29) is 0 Å². The van der Waals surface area contributed by atoms with E-state index < -0.39 is 24.5 Å². The zero-order valence-electron chi connectivity index (χ0n) is 10.4. The molecule has 2 heterocycles. The lowest BCUT2D eigenvalue weighted by molar-refractivity contribution is -0.143. The lowest BCUT2D eigenvalue weighted by Gasteiger charge is -2.13. The molecule has 20 heavy (non-hydrogen) atoms. The van der Waals surface area contributed by atoms with E-state index in [4.69, 9.17) is 5.11 Å². The topological polar surface area (TPSA) is 119 Å². The highest BCUT2D eigenvalue weighted by atomic mass is 32.1. The van der Waals surface area contributed by atoms with Crippen LogP contribution in [-0.4, -0.2) is 56.9 Å². The number of tetrazole rings is 1. The van der Waals surface area contributed by atoms with Crippen LogP contribution in [-0.2, 0) is 9.53 Å². The standard InChI is InChI=1S/C10H11N5O4S/c1-19-10(18)6(4-16)12-9(17)8-7(2-3-20-8)15-5-11-13-14-15/h2-3,5-6,16H,4H2,1H3,(H,12,17). The number of nitrogens with one attached hydrogen (secondary N) is 1. The Morgan fingerprint density at radius 1 is 1.60 bits per heavy atom. The van der Waals surface area contributed by atoms with E-state index in [1.165, 1.54) is 29.5 Å². The number of nitrogens with zero attached hydrogens (tertiary/aromatic N) is 4. The highest BCUT2D eigenvalue weighted by molar-refractivity contribution is 7.12. The van der Waals surface area contributed by atoms with Crippen molar-refractivity contribution in [2.24, 2.45) is 0 Å². The van der Waals surface area contributed by atoms with Gasteiger partial charge in [-0.1, -0.05) is 0 Å². The molecule has 0 fully saturated rings. The van der Waals surface area contributed by atoms with Crippen molar-refractivity contribution in [1.29, 1.82) is 0 Å². The van der Waals surface area contributed by atoms with Crippen molar-refractivity contribution in [3.63, 3.8) is 0 Å². The summed E-state index contributed by atoms with van der Waals surface area (Å²) in [6, 6.07) is 0.554. The number of methoxy groups -OCH3 is 1. The number of thiophene rings is 1. The molecule has 0 aliphatic heterocycles. The maximum atomic E-state index is 12.1. The molecule has 9 nitrogen and oxygen atoms in total. The predicted molar refractivity (Wildman–Crippen MR) is 67.4 cm³/mol. The lowest BCUT2D eigenvalue weighted by atomic mass is 10.3. The Morgan fingerprint density at radius 3 is 3.00 bits per heavy atom. The summed E-state index contributed by atoms with van der Waals surface area (Å²) in [5.74, 6) is -1.24. The summed E-state index contributed by atoms with van der Waals surface area (Å²) in [5, 5.41) is 23.8. The van der Waals surface area contributed by atoms with Crippen LogP contribution in [0.3, 0.4) is 0 Å². The monoisotopic (exact) mass is 297 g/mol. The molecule has 0 bridgehead atoms. The number of carbonyl (C=O) groups is 2. The van der Waals surface area contributed by atoms with E-state index >= 15 is 0 Å². The molecule has 10 heteroatoms. The van der Waals surface area contributed by atoms with Gasteiger partial charge in [0.2, 0.25) is 0 Å². The van der Waals surface area contributed by atoms with Crippen LogP contribution in [0.25, 0.3) is 5.69 Å². The smallest absolute Gasteiger partial charge is 0.330 e. The van der Waals surface area contributed by atoms with Gasteiger partial charge in [-0.2, -0.15) is 4.68 Å². The minimum Gasteiger partial charge on any atom is -0.467 e. The summed E-state index contributed by atoms with van der Waals surface area (Å²) in [6.45, 7) is -0.552. The van der Waals surface area contributed by atoms with E-state index in [9.17, 15) is 9.59 Å². The van der Waals surface area contributed by atoms with Crippen molar-refractivity contribution >= 4 is 23.2 Å². The van der Waals surface area contributed by atoms with Gasteiger partial charge in [0, 0.05) is 0 Å². The molecule has 0 saturated carbocycles. The lowest BCUT2D eigenvalue weighted by Crippen LogP contribution is -2.44. The highest BCUT2D eigenvalue weighted by Crippen LogP contribution is 2.19. The summed E-state index contributed by atoms with van der Waals surface area (Å²) in [5.41, 5.74) is 0.485. The molecule has 2 aromatic heterocycles. The molecular weight excluding hydrogens is 286 g/mol. The van der Waals surface area contributed by atoms with Crippen LogP contribution >= 0.6 is 11.3 Å². The minimum atomic E-state index is -1.11. The molecule has 2 aromatic rings. The number of hydrogen-bond acceptors (Lipinski definition) is 8. The second-order valence-electron chi connectivity index (χ2n) is 3.62. The number of rotatable bonds is 5. The Morgan fingerprint density at radius 2 is 2.40 bits per heavy atom. The van der Waals surface area contributed by atoms with Gasteiger partial charge in [-0.3, -0.25) is 4.79 Å². The van der Waals surface area contributed by atoms with Crippen LogP contribution in [0.1, 0.15) is 9.67 Å². The first-order valence-electron chi connectivity index (χ1n) is 5.47. The molecule has 0 aliphatic carbocycles. The molecule has 1 atom stereocenters. The van der Waals surface area contributed by atoms with Gasteiger partial charge < -0.3 is 15.2 Å². The molecule has 0 saturated heterocycles. The number of aromatic nitrogens is 4. The van der Waals surface area contributed by atoms with Gasteiger partial charge in [0.05, 0.1) is 19.4 Å². The number of ether oxygens (including phenoxy) is 1. The van der Waals surface area contributed by atoms with Crippen LogP contribution in [0.15, 0.2) is 17.8 Å². The van der Waals surface area contributed by atoms with Crippen LogP contribution in [0.4, 0.5) is 0 Å². The number of esters is 1. The maximum Gasteiger partial charge on any atom is 0.330 e. The largest absolute Gasteiger partial charge is 0.467 e. The SMILES string of the molecule is COC(=O)C(CO)NC(=O)c1sccc1-n1cnnn1. The fourth-order valence-corrected chi connectivity index (χ4v) is 2.25. The Hall–Kier alpha value is -2.33. The number of aliphatic hydroxyl groups excluding tert-OH is 1. The van der Waals surface area contributed by atoms with Gasteiger partial charge in [-0.15, -0.1) is 16.4 Å². The van der Waals surface area contributed by atoms with Crippen molar-refractivity contribution < 1.29 is 19.4 Å². The number of carbonyl (C=O) groups excluding carboxylic acids is 2. The Balaban J connectivity index is 2.18. The molecule has 0 radical (unpaired) electrons. The van der Waals surface area contributed by atoms with Crippen molar-refractivity contribution in [2.75, 3.05) is 13.7 Å². The first-order valence-corrected chi connectivity index (χ1v) is 6.35. The third-order valence-corrected chi connectivity index (χ3v) is 3.32. The van der Waals surface area contributed by atoms with Crippen molar-refractivity contribution in [2.45, 2.75) is 6.04 Å². The zero-order valence-corrected chi connectivity index (χ0v) is 11.2. The van der Waals surface area contributed by atoms with Gasteiger partial charge in [0.1, 0.15) is 11.2 Å². The first-order chi connectivity index (χ1) is 9.67. The molecule has 1 amide bonds. The quantitative estimate of drug-likeness (QED) is 0.678. The van der Waals surface area contributed by atoms with Crippen molar-refractivity contribution in [1.82, 2.24) is 25.5 Å². The summed E-state index contributed by atoms with van der Waals surface area (Å²) in [4.78, 5) is 23.8. The second-order valence-corrected chi connectivity index (χ2v) is 4.54. The summed E-state index contributed by atoms with van der Waals surface area (Å²) in [6.07, 6.45) is 1.35. The Labute approximate surface area is 117 Å². The van der Waals surface area contributed by atoms with E-state index in [0.717, 1.165) is 0 Å². The van der Waals surface area contributed by atoms with E-state index in [2.05, 4.69) is 25.6 Å². The van der Waals surface area contributed by atoms with E-state index in [1.807, 2.05) is 0 Å². The van der Waals surface area contributed by atoms with Crippen LogP contribution < -0.4 is 5.32 Å². The van der Waals surface area contributed by atoms with Gasteiger partial charge >= 0.3 is 5.97 Å². The number of hydrogen-bond donors (Lipinski definition) is 2. The third-order valence-electron chi connectivity index (χ3n) is 2.42. The van der Waals surface area contributed by atoms with E-state index in [1.54, 1.807) is 11.4 Å². The molecular formula is C10H11N5O4S. The van der Waals surface area contributed by atoms with Crippen LogP contribution in [0.5, 0.6) is 0 Å². The molecule has 2 rings (SSSR count). The maximum absolute atomic E-state index is 12.1. The summed E-state index contributed by atoms with van der Waals surface area (Å²) < 4.78 is 5.81. The normalized spacial score (nSPS) is 11.9. The average molecular weight is 297 g/mol. The van der Waals surface area contributed by atoms with Gasteiger partial charge in [0.15, 0.2) is 6.04 Å². The summed E-state index contributed by atoms with van der Waals surface area (Å²) in [7, 11) is 1.18. The van der Waals surface area contributed by atoms with Gasteiger partial charge in [-0.25, -0.2) is 4.79 Å². The zero-order chi connectivity index (χ0) is 14.5. The fraction of sp³-hybridized carbons (Fsp3) is 0.300. The Bertz CT molecular complexity index is 597. The molecule has 0 spiro atoms. The molecule has 1 unspecified atom stereocenters.